The Labute approximate surface area is 297 Å². The van der Waals surface area contributed by atoms with Gasteiger partial charge in [-0.15, -0.1) is 11.8 Å². The summed E-state index contributed by atoms with van der Waals surface area (Å²) < 4.78 is 11.2. The Hall–Kier alpha value is -5.03. The molecule has 3 aliphatic heterocycles. The van der Waals surface area contributed by atoms with E-state index in [1.54, 1.807) is 4.90 Å². The predicted molar refractivity (Wildman–Crippen MR) is 183 cm³/mol. The molecule has 2 aromatic rings. The fourth-order valence-electron chi connectivity index (χ4n) is 6.79. The number of rotatable bonds is 13. The summed E-state index contributed by atoms with van der Waals surface area (Å²) in [6, 6.07) is 9.72. The van der Waals surface area contributed by atoms with Gasteiger partial charge in [0.15, 0.2) is 0 Å². The van der Waals surface area contributed by atoms with Gasteiger partial charge in [-0.1, -0.05) is 6.92 Å². The zero-order valence-electron chi connectivity index (χ0n) is 28.5. The van der Waals surface area contributed by atoms with Crippen molar-refractivity contribution in [2.24, 2.45) is 11.8 Å². The molecule has 16 nitrogen and oxygen atoms in total. The van der Waals surface area contributed by atoms with E-state index in [4.69, 9.17) is 9.47 Å². The second kappa shape index (κ2) is 15.5. The van der Waals surface area contributed by atoms with Crippen molar-refractivity contribution in [1.82, 2.24) is 14.7 Å². The molecule has 272 valence electrons. The molecular weight excluding hydrogens is 686 g/mol. The molecule has 2 aromatic carbocycles. The highest BCUT2D eigenvalue weighted by molar-refractivity contribution is 8.03. The normalized spacial score (nSPS) is 23.0. The summed E-state index contributed by atoms with van der Waals surface area (Å²) in [7, 11) is 0. The van der Waals surface area contributed by atoms with Crippen molar-refractivity contribution in [2.45, 2.75) is 70.8 Å². The van der Waals surface area contributed by atoms with E-state index >= 15 is 0 Å². The number of aliphatic hydroxyl groups is 1. The molecule has 1 N–H and O–H groups in total. The number of likely N-dealkylation sites (N-methyl/N-ethyl adjacent to an activating group) is 1. The molecule has 2 fully saturated rings. The van der Waals surface area contributed by atoms with E-state index in [2.05, 4.69) is 0 Å². The number of carbonyl (C=O) groups is 4. The van der Waals surface area contributed by atoms with Crippen molar-refractivity contribution in [3.8, 4) is 0 Å². The first-order valence-electron chi connectivity index (χ1n) is 16.5. The second-order valence-corrected chi connectivity index (χ2v) is 13.9. The first-order chi connectivity index (χ1) is 24.3. The fraction of sp³-hybridized carbons (Fsp3) is 0.471. The molecule has 5 rings (SSSR count). The quantitative estimate of drug-likeness (QED) is 0.135. The Bertz CT molecular complexity index is 1730. The monoisotopic (exact) mass is 725 g/mol. The van der Waals surface area contributed by atoms with Gasteiger partial charge in [-0.25, -0.2) is 9.59 Å². The van der Waals surface area contributed by atoms with E-state index < -0.39 is 57.2 Å². The molecule has 17 heteroatoms. The minimum absolute atomic E-state index is 0.0344. The van der Waals surface area contributed by atoms with Crippen molar-refractivity contribution < 1.29 is 43.6 Å². The minimum atomic E-state index is -0.966. The number of nitro groups is 2. The van der Waals surface area contributed by atoms with Crippen molar-refractivity contribution in [3.63, 3.8) is 0 Å². The number of hydrogen-bond acceptors (Lipinski definition) is 12. The van der Waals surface area contributed by atoms with Crippen LogP contribution >= 0.6 is 11.8 Å². The molecule has 3 aliphatic rings. The van der Waals surface area contributed by atoms with Crippen LogP contribution in [0.25, 0.3) is 0 Å². The number of fused-ring (bicyclic) bond motifs is 1. The average Bonchev–Trinajstić information content (AvgIpc) is 3.63. The van der Waals surface area contributed by atoms with Crippen LogP contribution in [0.5, 0.6) is 0 Å². The topological polar surface area (TPSA) is 203 Å². The number of amides is 3. The van der Waals surface area contributed by atoms with Crippen molar-refractivity contribution >= 4 is 47.0 Å². The van der Waals surface area contributed by atoms with E-state index in [0.717, 1.165) is 0 Å². The van der Waals surface area contributed by atoms with Gasteiger partial charge in [0.1, 0.15) is 25.0 Å². The Kier molecular flexibility index (Phi) is 11.3. The largest absolute Gasteiger partial charge is 0.456 e. The van der Waals surface area contributed by atoms with Crippen LogP contribution in [-0.4, -0.2) is 96.6 Å². The van der Waals surface area contributed by atoms with E-state index in [-0.39, 0.29) is 55.1 Å². The summed E-state index contributed by atoms with van der Waals surface area (Å²) in [4.78, 5) is 79.9. The smallest absolute Gasteiger partial charge is 0.410 e. The zero-order chi connectivity index (χ0) is 37.1. The highest BCUT2D eigenvalue weighted by atomic mass is 32.2. The van der Waals surface area contributed by atoms with Crippen molar-refractivity contribution in [3.05, 3.63) is 90.5 Å². The Morgan fingerprint density at radius 2 is 1.49 bits per heavy atom. The van der Waals surface area contributed by atoms with Gasteiger partial charge in [0.05, 0.1) is 27.9 Å². The highest BCUT2D eigenvalue weighted by Crippen LogP contribution is 2.52. The number of esters is 1. The number of hydrogen-bond donors (Lipinski definition) is 1. The van der Waals surface area contributed by atoms with Gasteiger partial charge < -0.3 is 24.4 Å². The predicted octanol–water partition coefficient (Wildman–Crippen LogP) is 4.00. The molecule has 0 aliphatic carbocycles. The highest BCUT2D eigenvalue weighted by Gasteiger charge is 2.60. The molecular formula is C34H39N5O11S. The number of β-lactam (4-membered cyclic amide) rings is 1. The van der Waals surface area contributed by atoms with Gasteiger partial charge in [-0.2, -0.15) is 0 Å². The van der Waals surface area contributed by atoms with Crippen molar-refractivity contribution in [1.29, 1.82) is 0 Å². The summed E-state index contributed by atoms with van der Waals surface area (Å²) in [6.07, 6.45) is -1.48. The summed E-state index contributed by atoms with van der Waals surface area (Å²) in [6.45, 7) is 7.57. The van der Waals surface area contributed by atoms with Gasteiger partial charge >= 0.3 is 12.1 Å². The number of carbonyl (C=O) groups excluding carboxylic acids is 4. The second-order valence-electron chi connectivity index (χ2n) is 12.6. The molecule has 0 spiro atoms. The third kappa shape index (κ3) is 7.54. The van der Waals surface area contributed by atoms with Crippen LogP contribution in [0, 0.1) is 32.1 Å². The lowest BCUT2D eigenvalue weighted by atomic mass is 9.79. The number of nitro benzene ring substituents is 2. The standard InChI is InChI=1S/C34H39N5O11S/c1-5-35(6-2)31(41)26-15-25(16-36(26)34(44)50-18-22-9-13-24(14-10-22)39(47)48)51-30-19(3)28-27(20(4)40)32(42)37(28)29(30)33(43)49-17-21-7-11-23(12-8-21)38(45)46/h7-14,19-20,25-28,40H,5-6,15-18H2,1-4H3/t19-,20-,25+,26+,27-,28-/m1/s1. The number of ether oxygens (including phenoxy) is 2. The maximum Gasteiger partial charge on any atom is 0.410 e. The summed E-state index contributed by atoms with van der Waals surface area (Å²) >= 11 is 1.28. The minimum Gasteiger partial charge on any atom is -0.456 e. The summed E-state index contributed by atoms with van der Waals surface area (Å²) in [5.74, 6) is -2.58. The van der Waals surface area contributed by atoms with E-state index in [1.807, 2.05) is 20.8 Å². The van der Waals surface area contributed by atoms with Gasteiger partial charge in [0, 0.05) is 60.0 Å². The SMILES string of the molecule is CCN(CC)C(=O)[C@@H]1C[C@H](SC2=C(C(=O)OCc3ccc([N+](=O)[O-])cc3)N3C(=O)[C@H]([C@@H](C)O)[C@H]3[C@H]2C)CN1C(=O)OCc1ccc([N+](=O)[O-])cc1. The average molecular weight is 726 g/mol. The van der Waals surface area contributed by atoms with Crippen LogP contribution in [0.15, 0.2) is 59.1 Å². The lowest BCUT2D eigenvalue weighted by Crippen LogP contribution is -2.63. The molecule has 0 radical (unpaired) electrons. The molecule has 0 unspecified atom stereocenters. The van der Waals surface area contributed by atoms with Crippen LogP contribution in [-0.2, 0) is 37.1 Å². The van der Waals surface area contributed by atoms with Crippen LogP contribution < -0.4 is 0 Å². The number of aliphatic hydroxyl groups excluding tert-OH is 1. The number of benzene rings is 2. The van der Waals surface area contributed by atoms with Crippen LogP contribution in [0.2, 0.25) is 0 Å². The first kappa shape index (κ1) is 37.2. The Morgan fingerprint density at radius 1 is 0.961 bits per heavy atom. The molecule has 0 aromatic heterocycles. The third-order valence-corrected chi connectivity index (χ3v) is 11.0. The lowest BCUT2D eigenvalue weighted by molar-refractivity contribution is -0.385. The van der Waals surface area contributed by atoms with Crippen molar-refractivity contribution in [2.75, 3.05) is 19.6 Å². The molecule has 0 saturated carbocycles. The number of thioether (sulfide) groups is 1. The fourth-order valence-corrected chi connectivity index (χ4v) is 8.31. The maximum atomic E-state index is 13.7. The van der Waals surface area contributed by atoms with Gasteiger partial charge in [-0.05, 0) is 62.6 Å². The lowest BCUT2D eigenvalue weighted by Gasteiger charge is -2.46. The first-order valence-corrected chi connectivity index (χ1v) is 17.4. The molecule has 0 bridgehead atoms. The van der Waals surface area contributed by atoms with Gasteiger partial charge in [-0.3, -0.25) is 34.7 Å². The number of likely N-dealkylation sites (tertiary alicyclic amines) is 1. The van der Waals surface area contributed by atoms with Gasteiger partial charge in [0.25, 0.3) is 11.4 Å². The molecule has 3 heterocycles. The Morgan fingerprint density at radius 3 is 1.98 bits per heavy atom. The van der Waals surface area contributed by atoms with E-state index in [9.17, 15) is 44.5 Å². The van der Waals surface area contributed by atoms with Crippen LogP contribution in [0.3, 0.4) is 0 Å². The molecule has 51 heavy (non-hydrogen) atoms. The maximum absolute atomic E-state index is 13.7. The molecule has 2 saturated heterocycles. The summed E-state index contributed by atoms with van der Waals surface area (Å²) in [5.41, 5.74) is 0.833. The molecule has 3 amide bonds. The van der Waals surface area contributed by atoms with Gasteiger partial charge in [0.2, 0.25) is 11.8 Å². The van der Waals surface area contributed by atoms with Crippen LogP contribution in [0.1, 0.15) is 45.2 Å². The third-order valence-electron chi connectivity index (χ3n) is 9.48. The zero-order valence-corrected chi connectivity index (χ0v) is 29.3. The number of nitrogens with zero attached hydrogens (tertiary/aromatic N) is 5. The number of non-ortho nitro benzene ring substituents is 2. The summed E-state index contributed by atoms with van der Waals surface area (Å²) in [5, 5.41) is 32.1. The Balaban J connectivity index is 1.38. The van der Waals surface area contributed by atoms with E-state index in [1.165, 1.54) is 77.0 Å². The van der Waals surface area contributed by atoms with Crippen LogP contribution in [0.4, 0.5) is 16.2 Å². The van der Waals surface area contributed by atoms with E-state index in [0.29, 0.717) is 29.1 Å². The molecule has 6 atom stereocenters.